The van der Waals surface area contributed by atoms with E-state index < -0.39 is 0 Å². The second-order valence-corrected chi connectivity index (χ2v) is 8.18. The molecule has 10 heteroatoms. The van der Waals surface area contributed by atoms with Gasteiger partial charge in [0.15, 0.2) is 10.8 Å². The summed E-state index contributed by atoms with van der Waals surface area (Å²) in [5.74, 6) is 1.31. The lowest BCUT2D eigenvalue weighted by atomic mass is 10.2. The van der Waals surface area contributed by atoms with Crippen molar-refractivity contribution in [3.8, 4) is 11.4 Å². The zero-order valence-corrected chi connectivity index (χ0v) is 19.4. The molecular weight excluding hydrogens is 450 g/mol. The number of hydrogen-bond acceptors (Lipinski definition) is 7. The van der Waals surface area contributed by atoms with Crippen molar-refractivity contribution in [1.82, 2.24) is 30.0 Å². The largest absolute Gasteiger partial charge is 0.497 e. The van der Waals surface area contributed by atoms with E-state index in [-0.39, 0.29) is 5.91 Å². The molecular formula is C24H23N7O2S. The molecule has 34 heavy (non-hydrogen) atoms. The fourth-order valence-corrected chi connectivity index (χ4v) is 4.23. The van der Waals surface area contributed by atoms with Crippen LogP contribution in [-0.2, 0) is 0 Å². The summed E-state index contributed by atoms with van der Waals surface area (Å²) in [4.78, 5) is 25.7. The number of thiocarbonyl (C=S) groups is 1. The quantitative estimate of drug-likeness (QED) is 0.453. The third-order valence-corrected chi connectivity index (χ3v) is 6.14. The van der Waals surface area contributed by atoms with Gasteiger partial charge in [-0.1, -0.05) is 18.2 Å². The first-order valence-electron chi connectivity index (χ1n) is 10.9. The summed E-state index contributed by atoms with van der Waals surface area (Å²) in [7, 11) is 1.59. The predicted octanol–water partition coefficient (Wildman–Crippen LogP) is 2.66. The van der Waals surface area contributed by atoms with Crippen molar-refractivity contribution in [2.45, 2.75) is 0 Å². The van der Waals surface area contributed by atoms with Gasteiger partial charge >= 0.3 is 0 Å². The molecule has 1 amide bonds. The zero-order valence-electron chi connectivity index (χ0n) is 18.6. The van der Waals surface area contributed by atoms with Gasteiger partial charge in [-0.2, -0.15) is 5.10 Å². The number of aromatic nitrogens is 4. The molecule has 3 heterocycles. The lowest BCUT2D eigenvalue weighted by molar-refractivity contribution is 0.0973. The fourth-order valence-electron chi connectivity index (χ4n) is 3.95. The van der Waals surface area contributed by atoms with Crippen molar-refractivity contribution < 1.29 is 9.53 Å². The van der Waals surface area contributed by atoms with E-state index in [9.17, 15) is 4.79 Å². The Labute approximate surface area is 202 Å². The Hall–Kier alpha value is -4.05. The number of nitrogens with one attached hydrogen (secondary N) is 1. The normalized spacial score (nSPS) is 13.7. The molecule has 0 spiro atoms. The molecule has 5 rings (SSSR count). The van der Waals surface area contributed by atoms with E-state index in [1.165, 1.54) is 0 Å². The molecule has 0 bridgehead atoms. The number of anilines is 1. The standard InChI is InChI=1S/C24H23N7O2S/c1-33-19-9-7-17(8-10-19)23(32)28-24(34)30-13-11-29(12-14-30)21-20-15-27-31(22(20)26-16-25-21)18-5-3-2-4-6-18/h2-10,15-16H,11-14H2,1H3,(H,28,32,34). The Kier molecular flexibility index (Phi) is 6.05. The Morgan fingerprint density at radius 3 is 2.44 bits per heavy atom. The first-order chi connectivity index (χ1) is 16.6. The smallest absolute Gasteiger partial charge is 0.257 e. The van der Waals surface area contributed by atoms with Crippen LogP contribution in [-0.4, -0.2) is 69.0 Å². The van der Waals surface area contributed by atoms with Gasteiger partial charge in [0.1, 0.15) is 17.9 Å². The van der Waals surface area contributed by atoms with Crippen LogP contribution in [0.1, 0.15) is 10.4 Å². The van der Waals surface area contributed by atoms with E-state index in [4.69, 9.17) is 17.0 Å². The van der Waals surface area contributed by atoms with E-state index in [0.717, 1.165) is 22.5 Å². The maximum Gasteiger partial charge on any atom is 0.257 e. The van der Waals surface area contributed by atoms with Gasteiger partial charge in [0.05, 0.1) is 24.4 Å². The SMILES string of the molecule is COc1ccc(C(=O)NC(=S)N2CCN(c3ncnc4c3cnn4-c3ccccc3)CC2)cc1. The molecule has 1 fully saturated rings. The molecule has 0 aliphatic carbocycles. The summed E-state index contributed by atoms with van der Waals surface area (Å²) in [6.07, 6.45) is 3.38. The maximum absolute atomic E-state index is 12.5. The number of carbonyl (C=O) groups is 1. The van der Waals surface area contributed by atoms with Gasteiger partial charge in [-0.05, 0) is 48.6 Å². The highest BCUT2D eigenvalue weighted by Crippen LogP contribution is 2.25. The summed E-state index contributed by atoms with van der Waals surface area (Å²) in [6, 6.07) is 16.8. The summed E-state index contributed by atoms with van der Waals surface area (Å²) >= 11 is 5.50. The van der Waals surface area contributed by atoms with Crippen LogP contribution >= 0.6 is 12.2 Å². The highest BCUT2D eigenvalue weighted by molar-refractivity contribution is 7.80. The number of nitrogens with zero attached hydrogens (tertiary/aromatic N) is 6. The number of ether oxygens (including phenoxy) is 1. The summed E-state index contributed by atoms with van der Waals surface area (Å²) < 4.78 is 6.96. The molecule has 172 valence electrons. The third-order valence-electron chi connectivity index (χ3n) is 5.78. The topological polar surface area (TPSA) is 88.4 Å². The van der Waals surface area contributed by atoms with E-state index in [1.807, 2.05) is 46.1 Å². The number of para-hydroxylation sites is 1. The minimum absolute atomic E-state index is 0.235. The van der Waals surface area contributed by atoms with Crippen molar-refractivity contribution in [3.05, 3.63) is 72.7 Å². The molecule has 1 aliphatic rings. The molecule has 9 nitrogen and oxygen atoms in total. The maximum atomic E-state index is 12.5. The number of rotatable bonds is 4. The Morgan fingerprint density at radius 2 is 1.74 bits per heavy atom. The minimum Gasteiger partial charge on any atom is -0.497 e. The number of benzene rings is 2. The predicted molar refractivity (Wildman–Crippen MR) is 134 cm³/mol. The van der Waals surface area contributed by atoms with E-state index in [1.54, 1.807) is 37.7 Å². The second-order valence-electron chi connectivity index (χ2n) is 7.79. The van der Waals surface area contributed by atoms with Gasteiger partial charge in [0, 0.05) is 31.7 Å². The van der Waals surface area contributed by atoms with Crippen LogP contribution in [0.25, 0.3) is 16.7 Å². The van der Waals surface area contributed by atoms with Crippen LogP contribution in [0.3, 0.4) is 0 Å². The average molecular weight is 474 g/mol. The molecule has 0 atom stereocenters. The Bertz CT molecular complexity index is 1320. The first-order valence-corrected chi connectivity index (χ1v) is 11.3. The summed E-state index contributed by atoms with van der Waals surface area (Å²) in [6.45, 7) is 2.75. The van der Waals surface area contributed by atoms with Crippen LogP contribution in [0.5, 0.6) is 5.75 Å². The van der Waals surface area contributed by atoms with E-state index in [2.05, 4.69) is 25.3 Å². The highest BCUT2D eigenvalue weighted by Gasteiger charge is 2.23. The van der Waals surface area contributed by atoms with Crippen LogP contribution in [0, 0.1) is 0 Å². The van der Waals surface area contributed by atoms with Crippen LogP contribution < -0.4 is 15.0 Å². The van der Waals surface area contributed by atoms with E-state index >= 15 is 0 Å². The molecule has 0 radical (unpaired) electrons. The summed E-state index contributed by atoms with van der Waals surface area (Å²) in [5.41, 5.74) is 2.24. The van der Waals surface area contributed by atoms with Crippen LogP contribution in [0.2, 0.25) is 0 Å². The van der Waals surface area contributed by atoms with Gasteiger partial charge in [0.25, 0.3) is 5.91 Å². The summed E-state index contributed by atoms with van der Waals surface area (Å²) in [5, 5.41) is 8.69. The third kappa shape index (κ3) is 4.27. The molecule has 1 aliphatic heterocycles. The number of hydrogen-bond donors (Lipinski definition) is 1. The zero-order chi connectivity index (χ0) is 23.5. The number of methoxy groups -OCH3 is 1. The Balaban J connectivity index is 1.25. The van der Waals surface area contributed by atoms with Crippen molar-refractivity contribution in [3.63, 3.8) is 0 Å². The van der Waals surface area contributed by atoms with E-state index in [0.29, 0.717) is 42.6 Å². The number of carbonyl (C=O) groups excluding carboxylic acids is 1. The number of fused-ring (bicyclic) bond motifs is 1. The Morgan fingerprint density at radius 1 is 1.00 bits per heavy atom. The second kappa shape index (κ2) is 9.44. The molecule has 4 aromatic rings. The average Bonchev–Trinajstić information content (AvgIpc) is 3.34. The highest BCUT2D eigenvalue weighted by atomic mass is 32.1. The monoisotopic (exact) mass is 473 g/mol. The number of piperazine rings is 1. The molecule has 2 aromatic carbocycles. The molecule has 1 saturated heterocycles. The molecule has 2 aromatic heterocycles. The lowest BCUT2D eigenvalue weighted by Gasteiger charge is -2.36. The van der Waals surface area contributed by atoms with Crippen molar-refractivity contribution in [2.24, 2.45) is 0 Å². The van der Waals surface area contributed by atoms with Gasteiger partial charge in [0.2, 0.25) is 0 Å². The van der Waals surface area contributed by atoms with Gasteiger partial charge in [-0.15, -0.1) is 0 Å². The van der Waals surface area contributed by atoms with Crippen LogP contribution in [0.15, 0.2) is 67.1 Å². The minimum atomic E-state index is -0.235. The van der Waals surface area contributed by atoms with Gasteiger partial charge in [-0.3, -0.25) is 10.1 Å². The van der Waals surface area contributed by atoms with Crippen molar-refractivity contribution >= 4 is 40.1 Å². The van der Waals surface area contributed by atoms with Crippen LogP contribution in [0.4, 0.5) is 5.82 Å². The lowest BCUT2D eigenvalue weighted by Crippen LogP contribution is -2.52. The molecule has 0 unspecified atom stereocenters. The van der Waals surface area contributed by atoms with Gasteiger partial charge in [-0.25, -0.2) is 14.6 Å². The first kappa shape index (κ1) is 21.8. The molecule has 1 N–H and O–H groups in total. The van der Waals surface area contributed by atoms with Gasteiger partial charge < -0.3 is 14.5 Å². The van der Waals surface area contributed by atoms with Crippen molar-refractivity contribution in [2.75, 3.05) is 38.2 Å². The fraction of sp³-hybridized carbons (Fsp3) is 0.208. The molecule has 0 saturated carbocycles. The number of amides is 1. The van der Waals surface area contributed by atoms with Crippen molar-refractivity contribution in [1.29, 1.82) is 0 Å².